The maximum Gasteiger partial charge on any atom is 0.254 e. The van der Waals surface area contributed by atoms with Gasteiger partial charge in [0.05, 0.1) is 0 Å². The van der Waals surface area contributed by atoms with E-state index in [9.17, 15) is 4.79 Å². The molecule has 5 rings (SSSR count). The Labute approximate surface area is 172 Å². The molecule has 3 nitrogen and oxygen atoms in total. The van der Waals surface area contributed by atoms with Gasteiger partial charge in [-0.25, -0.2) is 0 Å². The van der Waals surface area contributed by atoms with Crippen molar-refractivity contribution in [3.05, 3.63) is 101 Å². The van der Waals surface area contributed by atoms with Crippen LogP contribution >= 0.6 is 0 Å². The van der Waals surface area contributed by atoms with Crippen molar-refractivity contribution in [1.82, 2.24) is 4.90 Å². The molecule has 0 atom stereocenters. The lowest BCUT2D eigenvalue weighted by molar-refractivity contribution is 0.0734. The van der Waals surface area contributed by atoms with Crippen molar-refractivity contribution in [2.24, 2.45) is 0 Å². The van der Waals surface area contributed by atoms with Gasteiger partial charge in [-0.3, -0.25) is 4.79 Å². The summed E-state index contributed by atoms with van der Waals surface area (Å²) in [5.74, 6) is 0.134. The molecule has 29 heavy (non-hydrogen) atoms. The smallest absolute Gasteiger partial charge is 0.254 e. The molecule has 0 unspecified atom stereocenters. The summed E-state index contributed by atoms with van der Waals surface area (Å²) in [7, 11) is 0. The van der Waals surface area contributed by atoms with Gasteiger partial charge in [-0.05, 0) is 59.7 Å². The summed E-state index contributed by atoms with van der Waals surface area (Å²) in [5, 5.41) is 0. The Bertz CT molecular complexity index is 1020. The highest BCUT2D eigenvalue weighted by atomic mass is 16.2. The Morgan fingerprint density at radius 1 is 0.759 bits per heavy atom. The molecule has 0 aliphatic carbocycles. The zero-order valence-corrected chi connectivity index (χ0v) is 16.7. The normalized spacial score (nSPS) is 15.6. The van der Waals surface area contributed by atoms with Gasteiger partial charge in [0.15, 0.2) is 0 Å². The molecule has 0 radical (unpaired) electrons. The first-order valence-electron chi connectivity index (χ1n) is 10.6. The van der Waals surface area contributed by atoms with Crippen LogP contribution in [-0.2, 0) is 25.9 Å². The van der Waals surface area contributed by atoms with Crippen molar-refractivity contribution >= 4 is 11.6 Å². The van der Waals surface area contributed by atoms with Crippen LogP contribution in [0.3, 0.4) is 0 Å². The summed E-state index contributed by atoms with van der Waals surface area (Å²) in [6.07, 6.45) is 3.30. The van der Waals surface area contributed by atoms with Crippen molar-refractivity contribution < 1.29 is 4.79 Å². The number of fused-ring (bicyclic) bond motifs is 2. The first-order chi connectivity index (χ1) is 14.3. The lowest BCUT2D eigenvalue weighted by Gasteiger charge is -2.31. The quantitative estimate of drug-likeness (QED) is 0.647. The molecule has 2 aliphatic heterocycles. The molecule has 3 heteroatoms. The molecule has 0 saturated heterocycles. The minimum atomic E-state index is 0.134. The average Bonchev–Trinajstić information content (AvgIpc) is 2.79. The molecule has 3 aromatic carbocycles. The molecule has 0 aromatic heterocycles. The molecule has 0 bridgehead atoms. The predicted octanol–water partition coefficient (Wildman–Crippen LogP) is 4.84. The maximum atomic E-state index is 13.0. The van der Waals surface area contributed by atoms with Crippen molar-refractivity contribution in [2.75, 3.05) is 18.0 Å². The highest BCUT2D eigenvalue weighted by molar-refractivity contribution is 5.94. The summed E-state index contributed by atoms with van der Waals surface area (Å²) in [6, 6.07) is 25.4. The molecule has 0 spiro atoms. The van der Waals surface area contributed by atoms with Crippen molar-refractivity contribution in [3.8, 4) is 0 Å². The SMILES string of the molecule is O=C(c1ccc(CN2CCCc3ccccc32)cc1)N1CCc2ccccc2C1. The van der Waals surface area contributed by atoms with Crippen molar-refractivity contribution in [2.45, 2.75) is 32.4 Å². The van der Waals surface area contributed by atoms with E-state index < -0.39 is 0 Å². The number of aryl methyl sites for hydroxylation is 1. The van der Waals surface area contributed by atoms with E-state index in [1.54, 1.807) is 0 Å². The number of amides is 1. The zero-order valence-electron chi connectivity index (χ0n) is 16.7. The van der Waals surface area contributed by atoms with E-state index in [4.69, 9.17) is 0 Å². The van der Waals surface area contributed by atoms with Crippen LogP contribution in [0.25, 0.3) is 0 Å². The third-order valence-corrected chi connectivity index (χ3v) is 6.20. The fraction of sp³-hybridized carbons (Fsp3) is 0.269. The standard InChI is InChI=1S/C26H26N2O/c29-26(28-17-15-21-6-1-2-8-24(21)19-28)23-13-11-20(12-14-23)18-27-16-5-9-22-7-3-4-10-25(22)27/h1-4,6-8,10-14H,5,9,15-19H2. The second kappa shape index (κ2) is 7.75. The van der Waals surface area contributed by atoms with E-state index in [1.807, 2.05) is 17.0 Å². The summed E-state index contributed by atoms with van der Waals surface area (Å²) in [4.78, 5) is 17.4. The molecule has 1 amide bonds. The molecular formula is C26H26N2O. The molecular weight excluding hydrogens is 356 g/mol. The Balaban J connectivity index is 1.28. The molecule has 146 valence electrons. The highest BCUT2D eigenvalue weighted by Gasteiger charge is 2.22. The minimum absolute atomic E-state index is 0.134. The monoisotopic (exact) mass is 382 g/mol. The Hall–Kier alpha value is -3.07. The van der Waals surface area contributed by atoms with Gasteiger partial charge >= 0.3 is 0 Å². The fourth-order valence-electron chi connectivity index (χ4n) is 4.60. The number of nitrogens with zero attached hydrogens (tertiary/aromatic N) is 2. The zero-order chi connectivity index (χ0) is 19.6. The Morgan fingerprint density at radius 3 is 2.31 bits per heavy atom. The summed E-state index contributed by atoms with van der Waals surface area (Å²) < 4.78 is 0. The van der Waals surface area contributed by atoms with Gasteiger partial charge in [0.2, 0.25) is 0 Å². The van der Waals surface area contributed by atoms with Crippen LogP contribution in [0.2, 0.25) is 0 Å². The number of anilines is 1. The third-order valence-electron chi connectivity index (χ3n) is 6.20. The van der Waals surface area contributed by atoms with Gasteiger partial charge in [0.25, 0.3) is 5.91 Å². The Kier molecular flexibility index (Phi) is 4.81. The number of carbonyl (C=O) groups excluding carboxylic acids is 1. The van der Waals surface area contributed by atoms with Gasteiger partial charge in [0, 0.05) is 37.4 Å². The van der Waals surface area contributed by atoms with Gasteiger partial charge in [-0.15, -0.1) is 0 Å². The lowest BCUT2D eigenvalue weighted by atomic mass is 9.99. The number of carbonyl (C=O) groups is 1. The minimum Gasteiger partial charge on any atom is -0.367 e. The van der Waals surface area contributed by atoms with E-state index in [-0.39, 0.29) is 5.91 Å². The van der Waals surface area contributed by atoms with E-state index in [2.05, 4.69) is 65.6 Å². The molecule has 0 fully saturated rings. The number of rotatable bonds is 3. The third kappa shape index (κ3) is 3.65. The van der Waals surface area contributed by atoms with Gasteiger partial charge in [0.1, 0.15) is 0 Å². The summed E-state index contributed by atoms with van der Waals surface area (Å²) in [5.41, 5.74) is 7.47. The van der Waals surface area contributed by atoms with Crippen LogP contribution in [0.4, 0.5) is 5.69 Å². The Morgan fingerprint density at radius 2 is 1.48 bits per heavy atom. The number of benzene rings is 3. The van der Waals surface area contributed by atoms with E-state index in [0.29, 0.717) is 6.54 Å². The number of hydrogen-bond donors (Lipinski definition) is 0. The van der Waals surface area contributed by atoms with Crippen LogP contribution in [0.5, 0.6) is 0 Å². The first kappa shape index (κ1) is 18.0. The van der Waals surface area contributed by atoms with Crippen molar-refractivity contribution in [3.63, 3.8) is 0 Å². The molecule has 0 saturated carbocycles. The van der Waals surface area contributed by atoms with Gasteiger partial charge in [-0.2, -0.15) is 0 Å². The second-order valence-electron chi connectivity index (χ2n) is 8.10. The predicted molar refractivity (Wildman–Crippen MR) is 117 cm³/mol. The van der Waals surface area contributed by atoms with Crippen LogP contribution in [0.1, 0.15) is 39.0 Å². The van der Waals surface area contributed by atoms with Gasteiger partial charge in [-0.1, -0.05) is 54.6 Å². The fourth-order valence-corrected chi connectivity index (χ4v) is 4.60. The van der Waals surface area contributed by atoms with Gasteiger partial charge < -0.3 is 9.80 Å². The van der Waals surface area contributed by atoms with Crippen molar-refractivity contribution in [1.29, 1.82) is 0 Å². The first-order valence-corrected chi connectivity index (χ1v) is 10.6. The highest BCUT2D eigenvalue weighted by Crippen LogP contribution is 2.28. The largest absolute Gasteiger partial charge is 0.367 e. The average molecular weight is 383 g/mol. The number of para-hydroxylation sites is 1. The maximum absolute atomic E-state index is 13.0. The lowest BCUT2D eigenvalue weighted by Crippen LogP contribution is -2.35. The second-order valence-corrected chi connectivity index (χ2v) is 8.10. The summed E-state index contributed by atoms with van der Waals surface area (Å²) >= 11 is 0. The van der Waals surface area contributed by atoms with Crippen LogP contribution in [-0.4, -0.2) is 23.9 Å². The molecule has 2 aliphatic rings. The van der Waals surface area contributed by atoms with Crippen LogP contribution in [0, 0.1) is 0 Å². The summed E-state index contributed by atoms with van der Waals surface area (Å²) in [6.45, 7) is 3.48. The van der Waals surface area contributed by atoms with E-state index >= 15 is 0 Å². The van der Waals surface area contributed by atoms with E-state index in [0.717, 1.165) is 31.6 Å². The molecule has 0 N–H and O–H groups in total. The topological polar surface area (TPSA) is 23.6 Å². The van der Waals surface area contributed by atoms with Crippen LogP contribution in [0.15, 0.2) is 72.8 Å². The number of hydrogen-bond acceptors (Lipinski definition) is 2. The van der Waals surface area contributed by atoms with Crippen LogP contribution < -0.4 is 4.90 Å². The molecule has 3 aromatic rings. The van der Waals surface area contributed by atoms with E-state index in [1.165, 1.54) is 40.8 Å². The molecule has 2 heterocycles.